The van der Waals surface area contributed by atoms with Crippen LogP contribution in [0.5, 0.6) is 0 Å². The van der Waals surface area contributed by atoms with Gasteiger partial charge in [0.2, 0.25) is 0 Å². The zero-order valence-electron chi connectivity index (χ0n) is 10.4. The van der Waals surface area contributed by atoms with Crippen LogP contribution in [0.1, 0.15) is 17.9 Å². The lowest BCUT2D eigenvalue weighted by molar-refractivity contribution is 0.00919. The van der Waals surface area contributed by atoms with Crippen molar-refractivity contribution in [2.75, 3.05) is 19.2 Å². The van der Waals surface area contributed by atoms with Gasteiger partial charge in [-0.15, -0.1) is 0 Å². The van der Waals surface area contributed by atoms with Gasteiger partial charge in [-0.25, -0.2) is 0 Å². The maximum absolute atomic E-state index is 5.56. The second kappa shape index (κ2) is 6.76. The van der Waals surface area contributed by atoms with Gasteiger partial charge >= 0.3 is 0 Å². The predicted molar refractivity (Wildman–Crippen MR) is 76.7 cm³/mol. The van der Waals surface area contributed by atoms with Crippen LogP contribution in [0.2, 0.25) is 0 Å². The van der Waals surface area contributed by atoms with Gasteiger partial charge in [0.05, 0.1) is 0 Å². The maximum Gasteiger partial charge on any atom is 0.188 e. The van der Waals surface area contributed by atoms with Gasteiger partial charge in [-0.1, -0.05) is 51.8 Å². The number of allylic oxidation sites excluding steroid dienone is 3. The molecule has 3 heteroatoms. The van der Waals surface area contributed by atoms with E-state index in [1.165, 1.54) is 11.1 Å². The fourth-order valence-electron chi connectivity index (χ4n) is 2.07. The first-order valence-electron chi connectivity index (χ1n) is 5.97. The molecule has 1 aromatic rings. The highest BCUT2D eigenvalue weighted by Gasteiger charge is 2.17. The van der Waals surface area contributed by atoms with Crippen LogP contribution in [0, 0.1) is 0 Å². The van der Waals surface area contributed by atoms with Crippen LogP contribution < -0.4 is 0 Å². The first-order valence-corrected chi connectivity index (χ1v) is 7.09. The zero-order valence-corrected chi connectivity index (χ0v) is 12.0. The van der Waals surface area contributed by atoms with Gasteiger partial charge in [0.1, 0.15) is 5.76 Å². The zero-order chi connectivity index (χ0) is 12.8. The summed E-state index contributed by atoms with van der Waals surface area (Å²) < 4.78 is 10.5. The SMILES string of the molecule is COCOC1=CC(c2ccccc2)CC(CBr)=C1. The molecule has 1 aliphatic rings. The van der Waals surface area contributed by atoms with Crippen molar-refractivity contribution >= 4 is 15.9 Å². The molecule has 0 N–H and O–H groups in total. The molecule has 0 aromatic heterocycles. The van der Waals surface area contributed by atoms with Gasteiger partial charge in [-0.05, 0) is 24.1 Å². The molecule has 1 aromatic carbocycles. The largest absolute Gasteiger partial charge is 0.468 e. The molecule has 1 aliphatic carbocycles. The van der Waals surface area contributed by atoms with E-state index in [4.69, 9.17) is 9.47 Å². The molecule has 18 heavy (non-hydrogen) atoms. The van der Waals surface area contributed by atoms with E-state index < -0.39 is 0 Å². The summed E-state index contributed by atoms with van der Waals surface area (Å²) in [4.78, 5) is 0. The van der Waals surface area contributed by atoms with Gasteiger partial charge in [0.25, 0.3) is 0 Å². The van der Waals surface area contributed by atoms with E-state index >= 15 is 0 Å². The number of hydrogen-bond donors (Lipinski definition) is 0. The molecule has 1 atom stereocenters. The van der Waals surface area contributed by atoms with Crippen molar-refractivity contribution in [2.45, 2.75) is 12.3 Å². The Bertz CT molecular complexity index is 437. The lowest BCUT2D eigenvalue weighted by atomic mass is 9.88. The molecule has 96 valence electrons. The summed E-state index contributed by atoms with van der Waals surface area (Å²) in [6.07, 6.45) is 5.29. The summed E-state index contributed by atoms with van der Waals surface area (Å²) in [5.74, 6) is 1.28. The molecule has 2 nitrogen and oxygen atoms in total. The molecule has 0 spiro atoms. The van der Waals surface area contributed by atoms with Gasteiger partial charge in [0.15, 0.2) is 6.79 Å². The summed E-state index contributed by atoms with van der Waals surface area (Å²) in [6, 6.07) is 10.5. The van der Waals surface area contributed by atoms with Crippen molar-refractivity contribution < 1.29 is 9.47 Å². The van der Waals surface area contributed by atoms with Crippen LogP contribution in [0.15, 0.2) is 53.8 Å². The average Bonchev–Trinajstić information content (AvgIpc) is 2.45. The predicted octanol–water partition coefficient (Wildman–Crippen LogP) is 4.00. The summed E-state index contributed by atoms with van der Waals surface area (Å²) in [5.41, 5.74) is 2.67. The van der Waals surface area contributed by atoms with Crippen LogP contribution in [0.4, 0.5) is 0 Å². The summed E-state index contributed by atoms with van der Waals surface area (Å²) in [5, 5.41) is 0.879. The van der Waals surface area contributed by atoms with Crippen LogP contribution in [-0.4, -0.2) is 19.2 Å². The van der Waals surface area contributed by atoms with Crippen LogP contribution >= 0.6 is 15.9 Å². The first-order chi connectivity index (χ1) is 8.83. The molecular weight excluding hydrogens is 292 g/mol. The van der Waals surface area contributed by atoms with Crippen LogP contribution in [0.3, 0.4) is 0 Å². The average molecular weight is 309 g/mol. The standard InChI is InChI=1S/C15H17BrO2/c1-17-11-18-15-8-12(10-16)7-14(9-15)13-5-3-2-4-6-13/h2-6,8-9,14H,7,10-11H2,1H3. The molecule has 0 fully saturated rings. The van der Waals surface area contributed by atoms with Crippen molar-refractivity contribution in [3.63, 3.8) is 0 Å². The monoisotopic (exact) mass is 308 g/mol. The van der Waals surface area contributed by atoms with Crippen molar-refractivity contribution in [2.24, 2.45) is 0 Å². The molecule has 0 heterocycles. The molecule has 0 amide bonds. The third-order valence-electron chi connectivity index (χ3n) is 2.94. The third kappa shape index (κ3) is 3.47. The summed E-state index contributed by atoms with van der Waals surface area (Å²) in [6.45, 7) is 0.291. The number of benzene rings is 1. The quantitative estimate of drug-likeness (QED) is 0.604. The molecule has 0 saturated carbocycles. The Balaban J connectivity index is 2.17. The Morgan fingerprint density at radius 3 is 2.72 bits per heavy atom. The Morgan fingerprint density at radius 1 is 1.28 bits per heavy atom. The molecule has 2 rings (SSSR count). The van der Waals surface area contributed by atoms with E-state index in [9.17, 15) is 0 Å². The second-order valence-electron chi connectivity index (χ2n) is 4.28. The van der Waals surface area contributed by atoms with Crippen molar-refractivity contribution in [1.82, 2.24) is 0 Å². The van der Waals surface area contributed by atoms with Gasteiger partial charge in [0, 0.05) is 18.4 Å². The van der Waals surface area contributed by atoms with E-state index in [2.05, 4.69) is 52.3 Å². The van der Waals surface area contributed by atoms with Gasteiger partial charge in [-0.3, -0.25) is 0 Å². The normalized spacial score (nSPS) is 19.1. The van der Waals surface area contributed by atoms with E-state index in [0.717, 1.165) is 17.5 Å². The van der Waals surface area contributed by atoms with E-state index in [0.29, 0.717) is 12.7 Å². The fourth-order valence-corrected chi connectivity index (χ4v) is 2.46. The highest BCUT2D eigenvalue weighted by molar-refractivity contribution is 9.09. The lowest BCUT2D eigenvalue weighted by Gasteiger charge is -2.21. The van der Waals surface area contributed by atoms with Gasteiger partial charge < -0.3 is 9.47 Å². The highest BCUT2D eigenvalue weighted by atomic mass is 79.9. The number of halogens is 1. The molecular formula is C15H17BrO2. The Kier molecular flexibility index (Phi) is 5.02. The first kappa shape index (κ1) is 13.4. The second-order valence-corrected chi connectivity index (χ2v) is 4.84. The van der Waals surface area contributed by atoms with E-state index in [1.54, 1.807) is 7.11 Å². The smallest absolute Gasteiger partial charge is 0.188 e. The van der Waals surface area contributed by atoms with E-state index in [1.807, 2.05) is 6.07 Å². The van der Waals surface area contributed by atoms with Gasteiger partial charge in [-0.2, -0.15) is 0 Å². The maximum atomic E-state index is 5.56. The third-order valence-corrected chi connectivity index (χ3v) is 3.66. The number of ether oxygens (including phenoxy) is 2. The fraction of sp³-hybridized carbons (Fsp3) is 0.333. The topological polar surface area (TPSA) is 18.5 Å². The number of methoxy groups -OCH3 is 1. The summed E-state index contributed by atoms with van der Waals surface area (Å²) >= 11 is 3.52. The molecule has 0 aliphatic heterocycles. The minimum atomic E-state index is 0.291. The minimum absolute atomic E-state index is 0.291. The Morgan fingerprint density at radius 2 is 2.06 bits per heavy atom. The van der Waals surface area contributed by atoms with E-state index in [-0.39, 0.29) is 0 Å². The molecule has 1 unspecified atom stereocenters. The molecule has 0 bridgehead atoms. The Labute approximate surface area is 116 Å². The molecule has 0 saturated heterocycles. The number of alkyl halides is 1. The highest BCUT2D eigenvalue weighted by Crippen LogP contribution is 2.32. The van der Waals surface area contributed by atoms with Crippen LogP contribution in [-0.2, 0) is 9.47 Å². The van der Waals surface area contributed by atoms with Crippen LogP contribution in [0.25, 0.3) is 0 Å². The Hall–Kier alpha value is -1.06. The van der Waals surface area contributed by atoms with Crippen molar-refractivity contribution in [3.8, 4) is 0 Å². The number of hydrogen-bond acceptors (Lipinski definition) is 2. The van der Waals surface area contributed by atoms with Crippen molar-refractivity contribution in [3.05, 3.63) is 59.4 Å². The molecule has 0 radical (unpaired) electrons. The van der Waals surface area contributed by atoms with Crippen molar-refractivity contribution in [1.29, 1.82) is 0 Å². The lowest BCUT2D eigenvalue weighted by Crippen LogP contribution is -2.07. The minimum Gasteiger partial charge on any atom is -0.468 e. The summed E-state index contributed by atoms with van der Waals surface area (Å²) in [7, 11) is 1.63. The number of rotatable bonds is 5.